The highest BCUT2D eigenvalue weighted by atomic mass is 79.9. The fraction of sp³-hybridized carbons (Fsp3) is 0.267. The maximum atomic E-state index is 11.6. The largest absolute Gasteiger partial charge is 0.419 e. The van der Waals surface area contributed by atoms with E-state index in [9.17, 15) is 4.79 Å². The summed E-state index contributed by atoms with van der Waals surface area (Å²) >= 11 is 5.17. The lowest BCUT2D eigenvalue weighted by Gasteiger charge is -2.17. The molecule has 0 bridgehead atoms. The number of hydrogen-bond donors (Lipinski definition) is 1. The number of aryl methyl sites for hydroxylation is 1. The molecule has 2 aromatic heterocycles. The van der Waals surface area contributed by atoms with E-state index in [1.54, 1.807) is 18.4 Å². The van der Waals surface area contributed by atoms with E-state index >= 15 is 0 Å². The van der Waals surface area contributed by atoms with Crippen molar-refractivity contribution in [3.8, 4) is 0 Å². The normalized spacial score (nSPS) is 12.9. The summed E-state index contributed by atoms with van der Waals surface area (Å²) in [5.74, 6) is -0.333. The maximum Gasteiger partial charge on any atom is 0.419 e. The fourth-order valence-corrected chi connectivity index (χ4v) is 3.64. The lowest BCUT2D eigenvalue weighted by molar-refractivity contribution is 0.527. The Morgan fingerprint density at radius 1 is 1.38 bits per heavy atom. The van der Waals surface area contributed by atoms with Gasteiger partial charge in [0.05, 0.1) is 15.3 Å². The number of oxazole rings is 1. The molecule has 0 amide bonds. The van der Waals surface area contributed by atoms with Crippen molar-refractivity contribution in [2.75, 3.05) is 6.54 Å². The molecule has 2 heterocycles. The molecule has 0 aliphatic rings. The van der Waals surface area contributed by atoms with Gasteiger partial charge in [0, 0.05) is 7.05 Å². The summed E-state index contributed by atoms with van der Waals surface area (Å²) in [5, 5.41) is 5.60. The molecule has 1 atom stereocenters. The van der Waals surface area contributed by atoms with E-state index in [2.05, 4.69) is 39.6 Å². The Kier molecular flexibility index (Phi) is 4.01. The van der Waals surface area contributed by atoms with Crippen molar-refractivity contribution in [2.24, 2.45) is 7.05 Å². The lowest BCUT2D eigenvalue weighted by Crippen LogP contribution is -2.21. The molecule has 4 nitrogen and oxygen atoms in total. The van der Waals surface area contributed by atoms with Crippen LogP contribution in [0.25, 0.3) is 11.1 Å². The van der Waals surface area contributed by atoms with Crippen LogP contribution in [0, 0.1) is 0 Å². The predicted molar refractivity (Wildman–Crippen MR) is 89.0 cm³/mol. The summed E-state index contributed by atoms with van der Waals surface area (Å²) in [6.07, 6.45) is 0. The Balaban J connectivity index is 2.09. The van der Waals surface area contributed by atoms with Gasteiger partial charge in [0.25, 0.3) is 0 Å². The number of halogens is 1. The minimum absolute atomic E-state index is 0.0902. The highest BCUT2D eigenvalue weighted by Crippen LogP contribution is 2.30. The number of aromatic nitrogens is 1. The van der Waals surface area contributed by atoms with Crippen molar-refractivity contribution in [3.63, 3.8) is 0 Å². The van der Waals surface area contributed by atoms with Gasteiger partial charge in [-0.3, -0.25) is 4.57 Å². The van der Waals surface area contributed by atoms with Gasteiger partial charge in [0.2, 0.25) is 0 Å². The van der Waals surface area contributed by atoms with Crippen LogP contribution in [0.3, 0.4) is 0 Å². The van der Waals surface area contributed by atoms with Crippen LogP contribution in [0.4, 0.5) is 0 Å². The minimum Gasteiger partial charge on any atom is -0.408 e. The van der Waals surface area contributed by atoms with Crippen LogP contribution in [0.1, 0.15) is 24.1 Å². The second-order valence-electron chi connectivity index (χ2n) is 4.83. The summed E-state index contributed by atoms with van der Waals surface area (Å²) in [5.41, 5.74) is 3.72. The Labute approximate surface area is 134 Å². The number of nitrogens with one attached hydrogen (secondary N) is 1. The van der Waals surface area contributed by atoms with Crippen molar-refractivity contribution in [1.82, 2.24) is 9.88 Å². The van der Waals surface area contributed by atoms with Crippen LogP contribution < -0.4 is 11.1 Å². The zero-order valence-corrected chi connectivity index (χ0v) is 14.1. The van der Waals surface area contributed by atoms with Gasteiger partial charge in [-0.2, -0.15) is 0 Å². The van der Waals surface area contributed by atoms with Gasteiger partial charge in [0.15, 0.2) is 5.58 Å². The molecule has 1 unspecified atom stereocenters. The van der Waals surface area contributed by atoms with E-state index in [0.29, 0.717) is 5.58 Å². The van der Waals surface area contributed by atoms with Crippen LogP contribution in [0.15, 0.2) is 42.6 Å². The van der Waals surface area contributed by atoms with E-state index in [1.165, 1.54) is 10.1 Å². The topological polar surface area (TPSA) is 47.2 Å². The first-order valence-corrected chi connectivity index (χ1v) is 8.34. The summed E-state index contributed by atoms with van der Waals surface area (Å²) in [6, 6.07) is 8.11. The molecule has 3 rings (SSSR count). The maximum absolute atomic E-state index is 11.6. The zero-order chi connectivity index (χ0) is 15.0. The molecule has 0 aliphatic carbocycles. The minimum atomic E-state index is -0.333. The first kappa shape index (κ1) is 14.6. The Morgan fingerprint density at radius 2 is 2.19 bits per heavy atom. The van der Waals surface area contributed by atoms with Crippen LogP contribution in [-0.2, 0) is 7.05 Å². The highest BCUT2D eigenvalue weighted by Gasteiger charge is 2.16. The number of rotatable bonds is 4. The van der Waals surface area contributed by atoms with Crippen molar-refractivity contribution >= 4 is 38.4 Å². The average Bonchev–Trinajstić information content (AvgIpc) is 3.01. The molecule has 0 radical (unpaired) electrons. The van der Waals surface area contributed by atoms with Crippen molar-refractivity contribution in [1.29, 1.82) is 0 Å². The molecule has 0 saturated heterocycles. The summed E-state index contributed by atoms with van der Waals surface area (Å²) < 4.78 is 7.90. The molecule has 1 N–H and O–H groups in total. The second-order valence-corrected chi connectivity index (χ2v) is 7.12. The molecule has 21 heavy (non-hydrogen) atoms. The molecule has 1 aromatic carbocycles. The quantitative estimate of drug-likeness (QED) is 0.766. The third-order valence-electron chi connectivity index (χ3n) is 3.48. The van der Waals surface area contributed by atoms with Crippen molar-refractivity contribution in [3.05, 3.63) is 55.1 Å². The SMILES string of the molecule is CCNC(c1csc(Br)c1)c1ccc2c(c1)oc(=O)n2C. The molecular weight excluding hydrogens is 352 g/mol. The standard InChI is InChI=1S/C15H15BrN2O2S/c1-3-17-14(10-7-13(16)21-8-10)9-4-5-11-12(6-9)20-15(19)18(11)2/h4-8,14,17H,3H2,1-2H3. The van der Waals surface area contributed by atoms with Crippen LogP contribution >= 0.6 is 27.3 Å². The van der Waals surface area contributed by atoms with Crippen molar-refractivity contribution in [2.45, 2.75) is 13.0 Å². The number of hydrogen-bond acceptors (Lipinski definition) is 4. The zero-order valence-electron chi connectivity index (χ0n) is 11.7. The van der Waals surface area contributed by atoms with Crippen LogP contribution in [-0.4, -0.2) is 11.1 Å². The number of fused-ring (bicyclic) bond motifs is 1. The third-order valence-corrected chi connectivity index (χ3v) is 5.00. The van der Waals surface area contributed by atoms with Crippen LogP contribution in [0.2, 0.25) is 0 Å². The van der Waals surface area contributed by atoms with Crippen LogP contribution in [0.5, 0.6) is 0 Å². The molecule has 3 aromatic rings. The highest BCUT2D eigenvalue weighted by molar-refractivity contribution is 9.11. The van der Waals surface area contributed by atoms with Gasteiger partial charge in [-0.25, -0.2) is 4.79 Å². The van der Waals surface area contributed by atoms with Gasteiger partial charge in [-0.15, -0.1) is 11.3 Å². The van der Waals surface area contributed by atoms with Gasteiger partial charge >= 0.3 is 5.76 Å². The Hall–Kier alpha value is -1.37. The summed E-state index contributed by atoms with van der Waals surface area (Å²) in [7, 11) is 1.71. The van der Waals surface area contributed by atoms with Gasteiger partial charge < -0.3 is 9.73 Å². The molecule has 6 heteroatoms. The Bertz CT molecular complexity index is 834. The molecule has 0 saturated carbocycles. The molecule has 110 valence electrons. The van der Waals surface area contributed by atoms with E-state index in [4.69, 9.17) is 4.42 Å². The Morgan fingerprint density at radius 3 is 2.86 bits per heavy atom. The monoisotopic (exact) mass is 366 g/mol. The smallest absolute Gasteiger partial charge is 0.408 e. The van der Waals surface area contributed by atoms with Gasteiger partial charge in [-0.1, -0.05) is 13.0 Å². The number of benzene rings is 1. The first-order valence-electron chi connectivity index (χ1n) is 6.67. The lowest BCUT2D eigenvalue weighted by atomic mass is 10.0. The molecule has 0 fully saturated rings. The second kappa shape index (κ2) is 5.79. The van der Waals surface area contributed by atoms with E-state index in [0.717, 1.165) is 21.4 Å². The predicted octanol–water partition coefficient (Wildman–Crippen LogP) is 3.65. The summed E-state index contributed by atoms with van der Waals surface area (Å²) in [4.78, 5) is 11.6. The molecular formula is C15H15BrN2O2S. The molecule has 0 aliphatic heterocycles. The van der Waals surface area contributed by atoms with Gasteiger partial charge in [0.1, 0.15) is 0 Å². The fourth-order valence-electron chi connectivity index (χ4n) is 2.44. The number of thiophene rings is 1. The van der Waals surface area contributed by atoms with Gasteiger partial charge in [-0.05, 0) is 57.2 Å². The third kappa shape index (κ3) is 2.71. The molecule has 0 spiro atoms. The number of nitrogens with zero attached hydrogens (tertiary/aromatic N) is 1. The first-order chi connectivity index (χ1) is 10.1. The van der Waals surface area contributed by atoms with E-state index in [-0.39, 0.29) is 11.8 Å². The average molecular weight is 367 g/mol. The van der Waals surface area contributed by atoms with Crippen molar-refractivity contribution < 1.29 is 4.42 Å². The van der Waals surface area contributed by atoms with E-state index < -0.39 is 0 Å². The van der Waals surface area contributed by atoms with E-state index in [1.807, 2.05) is 18.2 Å². The summed E-state index contributed by atoms with van der Waals surface area (Å²) in [6.45, 7) is 2.94.